The second-order valence-electron chi connectivity index (χ2n) is 7.11. The van der Waals surface area contributed by atoms with E-state index in [0.717, 1.165) is 24.7 Å². The van der Waals surface area contributed by atoms with Gasteiger partial charge in [0.25, 0.3) is 0 Å². The zero-order valence-electron chi connectivity index (χ0n) is 15.1. The number of carbonyl (C=O) groups excluding carboxylic acids is 1. The van der Waals surface area contributed by atoms with Crippen molar-refractivity contribution >= 4 is 5.97 Å². The summed E-state index contributed by atoms with van der Waals surface area (Å²) < 4.78 is 5.50. The third-order valence-corrected chi connectivity index (χ3v) is 4.11. The van der Waals surface area contributed by atoms with Crippen LogP contribution in [-0.2, 0) is 9.53 Å². The molecule has 21 heavy (non-hydrogen) atoms. The van der Waals surface area contributed by atoms with Crippen LogP contribution in [0, 0.1) is 17.8 Å². The zero-order valence-corrected chi connectivity index (χ0v) is 15.1. The van der Waals surface area contributed by atoms with E-state index in [9.17, 15) is 4.79 Å². The molecule has 0 spiro atoms. The maximum absolute atomic E-state index is 11.8. The summed E-state index contributed by atoms with van der Waals surface area (Å²) in [5.74, 6) is 2.03. The van der Waals surface area contributed by atoms with Crippen LogP contribution >= 0.6 is 0 Å². The number of ether oxygens (including phenoxy) is 1. The number of rotatable bonds is 13. The SMILES string of the molecule is CCCC(C)CC(CCC)COC(=O)CCCCC(C)C. The highest BCUT2D eigenvalue weighted by Gasteiger charge is 2.14. The molecule has 0 bridgehead atoms. The van der Waals surface area contributed by atoms with Crippen molar-refractivity contribution in [3.63, 3.8) is 0 Å². The standard InChI is InChI=1S/C19H38O2/c1-6-10-17(5)14-18(11-7-2)15-21-19(20)13-9-8-12-16(3)4/h16-18H,6-15H2,1-5H3. The van der Waals surface area contributed by atoms with Crippen LogP contribution in [0.3, 0.4) is 0 Å². The fourth-order valence-corrected chi connectivity index (χ4v) is 2.96. The minimum atomic E-state index is 0.00278. The van der Waals surface area contributed by atoms with Crippen LogP contribution in [0.25, 0.3) is 0 Å². The van der Waals surface area contributed by atoms with E-state index < -0.39 is 0 Å². The van der Waals surface area contributed by atoms with Gasteiger partial charge in [-0.1, -0.05) is 66.7 Å². The molecule has 2 unspecified atom stereocenters. The predicted octanol–water partition coefficient (Wildman–Crippen LogP) is 5.99. The molecule has 0 aliphatic rings. The first kappa shape index (κ1) is 20.5. The normalized spacial score (nSPS) is 14.2. The van der Waals surface area contributed by atoms with Crippen molar-refractivity contribution < 1.29 is 9.53 Å². The Bertz CT molecular complexity index is 248. The van der Waals surface area contributed by atoms with E-state index in [1.165, 1.54) is 38.5 Å². The molecule has 0 aromatic rings. The van der Waals surface area contributed by atoms with Gasteiger partial charge in [0, 0.05) is 6.42 Å². The summed E-state index contributed by atoms with van der Waals surface area (Å²) in [5.41, 5.74) is 0. The van der Waals surface area contributed by atoms with Crippen molar-refractivity contribution in [1.29, 1.82) is 0 Å². The lowest BCUT2D eigenvalue weighted by Crippen LogP contribution is -2.16. The quantitative estimate of drug-likeness (QED) is 0.308. The minimum absolute atomic E-state index is 0.00278. The molecule has 0 aromatic heterocycles. The monoisotopic (exact) mass is 298 g/mol. The molecule has 0 heterocycles. The van der Waals surface area contributed by atoms with E-state index >= 15 is 0 Å². The second-order valence-corrected chi connectivity index (χ2v) is 7.11. The van der Waals surface area contributed by atoms with Gasteiger partial charge in [0.2, 0.25) is 0 Å². The zero-order chi connectivity index (χ0) is 16.1. The molecule has 2 nitrogen and oxygen atoms in total. The third-order valence-electron chi connectivity index (χ3n) is 4.11. The second kappa shape index (κ2) is 13.2. The summed E-state index contributed by atoms with van der Waals surface area (Å²) in [5, 5.41) is 0. The molecule has 0 rings (SSSR count). The minimum Gasteiger partial charge on any atom is -0.465 e. The van der Waals surface area contributed by atoms with Crippen molar-refractivity contribution in [3.05, 3.63) is 0 Å². The first-order valence-corrected chi connectivity index (χ1v) is 9.15. The number of esters is 1. The molecule has 0 aromatic carbocycles. The molecule has 0 saturated heterocycles. The Hall–Kier alpha value is -0.530. The average molecular weight is 299 g/mol. The Labute approximate surface area is 133 Å². The van der Waals surface area contributed by atoms with Crippen molar-refractivity contribution in [2.75, 3.05) is 6.61 Å². The lowest BCUT2D eigenvalue weighted by molar-refractivity contribution is -0.145. The van der Waals surface area contributed by atoms with E-state index in [2.05, 4.69) is 34.6 Å². The van der Waals surface area contributed by atoms with E-state index in [0.29, 0.717) is 18.9 Å². The first-order valence-electron chi connectivity index (χ1n) is 9.15. The van der Waals surface area contributed by atoms with Crippen LogP contribution in [0.5, 0.6) is 0 Å². The maximum Gasteiger partial charge on any atom is 0.305 e. The fourth-order valence-electron chi connectivity index (χ4n) is 2.96. The average Bonchev–Trinajstić information content (AvgIpc) is 2.41. The highest BCUT2D eigenvalue weighted by atomic mass is 16.5. The van der Waals surface area contributed by atoms with Crippen LogP contribution in [-0.4, -0.2) is 12.6 Å². The summed E-state index contributed by atoms with van der Waals surface area (Å²) in [7, 11) is 0. The van der Waals surface area contributed by atoms with Crippen LogP contribution < -0.4 is 0 Å². The molecule has 126 valence electrons. The fraction of sp³-hybridized carbons (Fsp3) is 0.947. The van der Waals surface area contributed by atoms with Gasteiger partial charge in [-0.3, -0.25) is 4.79 Å². The van der Waals surface area contributed by atoms with Gasteiger partial charge in [-0.25, -0.2) is 0 Å². The van der Waals surface area contributed by atoms with Gasteiger partial charge < -0.3 is 4.74 Å². The Kier molecular flexibility index (Phi) is 12.8. The van der Waals surface area contributed by atoms with Crippen LogP contribution in [0.15, 0.2) is 0 Å². The van der Waals surface area contributed by atoms with Gasteiger partial charge in [-0.05, 0) is 37.0 Å². The van der Waals surface area contributed by atoms with Crippen molar-refractivity contribution in [2.24, 2.45) is 17.8 Å². The number of hydrogen-bond acceptors (Lipinski definition) is 2. The summed E-state index contributed by atoms with van der Waals surface area (Å²) in [6.07, 6.45) is 9.99. The van der Waals surface area contributed by atoms with Gasteiger partial charge >= 0.3 is 5.97 Å². The molecule has 0 N–H and O–H groups in total. The summed E-state index contributed by atoms with van der Waals surface area (Å²) in [4.78, 5) is 11.8. The van der Waals surface area contributed by atoms with Gasteiger partial charge in [0.15, 0.2) is 0 Å². The van der Waals surface area contributed by atoms with Crippen molar-refractivity contribution in [1.82, 2.24) is 0 Å². The van der Waals surface area contributed by atoms with Gasteiger partial charge in [0.1, 0.15) is 0 Å². The molecule has 0 amide bonds. The van der Waals surface area contributed by atoms with Gasteiger partial charge in [0.05, 0.1) is 6.61 Å². The molecule has 0 fully saturated rings. The molecule has 0 aliphatic carbocycles. The predicted molar refractivity (Wildman–Crippen MR) is 91.4 cm³/mol. The van der Waals surface area contributed by atoms with Gasteiger partial charge in [-0.15, -0.1) is 0 Å². The first-order chi connectivity index (χ1) is 9.99. The Balaban J connectivity index is 3.86. The van der Waals surface area contributed by atoms with Crippen LogP contribution in [0.1, 0.15) is 92.4 Å². The Morgan fingerprint density at radius 2 is 1.62 bits per heavy atom. The third kappa shape index (κ3) is 12.9. The van der Waals surface area contributed by atoms with Crippen molar-refractivity contribution in [2.45, 2.75) is 92.4 Å². The van der Waals surface area contributed by atoms with E-state index in [4.69, 9.17) is 4.74 Å². The van der Waals surface area contributed by atoms with Crippen LogP contribution in [0.2, 0.25) is 0 Å². The smallest absolute Gasteiger partial charge is 0.305 e. The molecule has 0 radical (unpaired) electrons. The molecule has 0 aliphatic heterocycles. The summed E-state index contributed by atoms with van der Waals surface area (Å²) >= 11 is 0. The largest absolute Gasteiger partial charge is 0.465 e. The molecule has 2 atom stereocenters. The summed E-state index contributed by atoms with van der Waals surface area (Å²) in [6.45, 7) is 11.9. The van der Waals surface area contributed by atoms with Gasteiger partial charge in [-0.2, -0.15) is 0 Å². The van der Waals surface area contributed by atoms with Crippen molar-refractivity contribution in [3.8, 4) is 0 Å². The lowest BCUT2D eigenvalue weighted by Gasteiger charge is -2.20. The number of hydrogen-bond donors (Lipinski definition) is 0. The van der Waals surface area contributed by atoms with E-state index in [1.54, 1.807) is 0 Å². The molecule has 2 heteroatoms. The highest BCUT2D eigenvalue weighted by Crippen LogP contribution is 2.21. The van der Waals surface area contributed by atoms with Crippen LogP contribution in [0.4, 0.5) is 0 Å². The van der Waals surface area contributed by atoms with E-state index in [-0.39, 0.29) is 5.97 Å². The molecule has 0 saturated carbocycles. The number of unbranched alkanes of at least 4 members (excludes halogenated alkanes) is 1. The van der Waals surface area contributed by atoms with E-state index in [1.807, 2.05) is 0 Å². The number of carbonyl (C=O) groups is 1. The molecular weight excluding hydrogens is 260 g/mol. The Morgan fingerprint density at radius 1 is 0.952 bits per heavy atom. The topological polar surface area (TPSA) is 26.3 Å². The Morgan fingerprint density at radius 3 is 2.19 bits per heavy atom. The molecular formula is C19H38O2. The lowest BCUT2D eigenvalue weighted by atomic mass is 9.90. The maximum atomic E-state index is 11.8. The summed E-state index contributed by atoms with van der Waals surface area (Å²) in [6, 6.07) is 0. The highest BCUT2D eigenvalue weighted by molar-refractivity contribution is 5.69.